The minimum Gasteiger partial charge on any atom is -0.474 e. The Hall–Kier alpha value is -17.4. The fourth-order valence-corrected chi connectivity index (χ4v) is 21.4. The zero-order valence-corrected chi connectivity index (χ0v) is 80.9. The molecule has 0 bridgehead atoms. The molecule has 21 aromatic carbocycles. The van der Waals surface area contributed by atoms with Crippen molar-refractivity contribution in [2.24, 2.45) is 15.0 Å². The number of hydrogen-bond donors (Lipinski definition) is 0. The van der Waals surface area contributed by atoms with Crippen LogP contribution in [-0.2, 0) is 14.2 Å². The Balaban J connectivity index is 0.000000113. The molecule has 27 rings (SSSR count). The molecule has 0 fully saturated rings. The van der Waals surface area contributed by atoms with Crippen LogP contribution < -0.4 is 0 Å². The Morgan fingerprint density at radius 3 is 0.699 bits per heavy atom. The maximum Gasteiger partial charge on any atom is 0.236 e. The average Bonchev–Trinajstić information content (AvgIpc) is 1.69. The van der Waals surface area contributed by atoms with Crippen molar-refractivity contribution in [3.05, 3.63) is 454 Å². The highest BCUT2D eigenvalue weighted by Crippen LogP contribution is 2.52. The average molecular weight is 1840 g/mol. The summed E-state index contributed by atoms with van der Waals surface area (Å²) in [5.41, 5.74) is 21.4. The molecular weight excluding hydrogens is 1740 g/mol. The summed E-state index contributed by atoms with van der Waals surface area (Å²) in [5, 5.41) is 29.4. The van der Waals surface area contributed by atoms with Gasteiger partial charge in [0.2, 0.25) is 17.7 Å². The number of aliphatic imine (C=N–C) groups is 3. The normalized spacial score (nSPS) is 14.5. The second-order valence-corrected chi connectivity index (χ2v) is 40.4. The van der Waals surface area contributed by atoms with Crippen LogP contribution in [0.1, 0.15) is 72.5 Å². The molecule has 9 nitrogen and oxygen atoms in total. The van der Waals surface area contributed by atoms with Crippen molar-refractivity contribution < 1.29 is 14.2 Å². The number of pyridine rings is 3. The van der Waals surface area contributed by atoms with Gasteiger partial charge in [0, 0.05) is 16.7 Å². The number of nitrogens with zero attached hydrogens (tertiary/aromatic N) is 6. The lowest BCUT2D eigenvalue weighted by molar-refractivity contribution is 0.0617. The Bertz CT molecular complexity index is 9490. The van der Waals surface area contributed by atoms with E-state index >= 15 is 0 Å². The quantitative estimate of drug-likeness (QED) is 0.113. The molecule has 0 radical (unpaired) electrons. The molecule has 0 spiro atoms. The minimum atomic E-state index is -0.419. The van der Waals surface area contributed by atoms with Gasteiger partial charge in [0.1, 0.15) is 34.9 Å². The molecule has 24 aromatic rings. The predicted molar refractivity (Wildman–Crippen MR) is 601 cm³/mol. The van der Waals surface area contributed by atoms with Crippen molar-refractivity contribution >= 4 is 147 Å². The third kappa shape index (κ3) is 16.0. The summed E-state index contributed by atoms with van der Waals surface area (Å²) >= 11 is 0. The number of rotatable bonds is 12. The smallest absolute Gasteiger partial charge is 0.236 e. The fraction of sp³-hybridized carbons (Fsp3) is 0.104. The molecule has 0 saturated heterocycles. The maximum atomic E-state index is 6.35. The van der Waals surface area contributed by atoms with Crippen molar-refractivity contribution in [2.75, 3.05) is 13.2 Å². The number of ether oxygens (including phenoxy) is 3. The van der Waals surface area contributed by atoms with Gasteiger partial charge in [-0.2, -0.15) is 0 Å². The van der Waals surface area contributed by atoms with Crippen molar-refractivity contribution in [2.45, 2.75) is 77.7 Å². The number of benzene rings is 21. The molecule has 3 aliphatic heterocycles. The van der Waals surface area contributed by atoms with Gasteiger partial charge in [0.15, 0.2) is 0 Å². The molecule has 0 saturated carbocycles. The van der Waals surface area contributed by atoms with Gasteiger partial charge < -0.3 is 14.2 Å². The minimum absolute atomic E-state index is 0.245. The van der Waals surface area contributed by atoms with Crippen LogP contribution in [0.4, 0.5) is 0 Å². The standard InChI is InChI=1S/C46H36N2O.2C44H32N2O/c1-45(2)46(3,4)49-44(48-45)41-19-11-18-40(47-41)33-24-25-38-39(28-33)43(35-23-21-30-13-6-8-15-32(30)27-35)37-17-10-9-16-36(37)42(38)34-22-20-29-12-5-7-14-31(29)26-34;1-44(2)27-47-43(46-44)40-17-9-16-39(45-40)32-22-23-37-38(26-32)42(34-21-19-29-11-4-6-13-31(29)25-34)36-15-8-7-14-35(36)41(37)33-20-18-28-10-3-5-12-30(28)24-33;1-44(2)27-45-43(47-44)40-17-9-16-39(46-40)32-22-23-37-38(26-32)42(34-21-19-29-11-4-6-13-31(29)25-34)36-15-8-7-14-35(36)41(37)33-20-18-28-10-3-5-12-30(28)24-33/h5-28H,1-4H3;2*3-26H,27H2,1-2H3. The number of aromatic nitrogens is 3. The van der Waals surface area contributed by atoms with Crippen LogP contribution in [0.15, 0.2) is 452 Å². The van der Waals surface area contributed by atoms with Gasteiger partial charge in [-0.05, 0) is 342 Å². The van der Waals surface area contributed by atoms with E-state index in [4.69, 9.17) is 39.1 Å². The lowest BCUT2D eigenvalue weighted by atomic mass is 9.84. The molecule has 9 heteroatoms. The number of hydrogen-bond acceptors (Lipinski definition) is 9. The molecule has 0 unspecified atom stereocenters. The Morgan fingerprint density at radius 1 is 0.196 bits per heavy atom. The molecular formula is C134H100N6O3. The SMILES string of the molecule is CC1(C)CN=C(c2cccc(-c3ccc4c(-c5ccc6ccccc6c5)c5ccccc5c(-c5ccc6ccccc6c5)c4c3)n2)O1.CC1(C)COC(c2cccc(-c3ccc4c(-c5ccc6ccccc6c5)c5ccccc5c(-c5ccc6ccccc6c5)c4c3)n2)=N1.CC1(C)N=C(c2cccc(-c3ccc4c(-c5ccc6ccccc6c5)c5ccccc5c(-c5ccc6ccccc6c5)c4c3)n2)OC1(C)C. The molecule has 0 aliphatic carbocycles. The molecule has 3 aromatic heterocycles. The molecule has 143 heavy (non-hydrogen) atoms. The van der Waals surface area contributed by atoms with Crippen LogP contribution in [0.5, 0.6) is 0 Å². The topological polar surface area (TPSA) is 103 Å². The van der Waals surface area contributed by atoms with Gasteiger partial charge in [-0.1, -0.05) is 346 Å². The van der Waals surface area contributed by atoms with Gasteiger partial charge in [0.05, 0.1) is 34.7 Å². The highest BCUT2D eigenvalue weighted by Gasteiger charge is 2.46. The van der Waals surface area contributed by atoms with E-state index in [1.165, 1.54) is 196 Å². The third-order valence-corrected chi connectivity index (χ3v) is 29.2. The third-order valence-electron chi connectivity index (χ3n) is 29.2. The summed E-state index contributed by atoms with van der Waals surface area (Å²) in [6.07, 6.45) is 0. The summed E-state index contributed by atoms with van der Waals surface area (Å²) < 4.78 is 18.5. The molecule has 0 N–H and O–H groups in total. The summed E-state index contributed by atoms with van der Waals surface area (Å²) in [6, 6.07) is 158. The summed E-state index contributed by atoms with van der Waals surface area (Å²) in [4.78, 5) is 29.6. The lowest BCUT2D eigenvalue weighted by Crippen LogP contribution is -2.41. The van der Waals surface area contributed by atoms with Crippen LogP contribution in [-0.4, -0.2) is 68.1 Å². The monoisotopic (exact) mass is 1840 g/mol. The van der Waals surface area contributed by atoms with Crippen LogP contribution >= 0.6 is 0 Å². The second kappa shape index (κ2) is 34.9. The van der Waals surface area contributed by atoms with Gasteiger partial charge in [-0.25, -0.2) is 29.9 Å². The van der Waals surface area contributed by atoms with Crippen LogP contribution in [0.2, 0.25) is 0 Å². The largest absolute Gasteiger partial charge is 0.474 e. The first-order valence-electron chi connectivity index (χ1n) is 49.4. The van der Waals surface area contributed by atoms with E-state index in [9.17, 15) is 0 Å². The van der Waals surface area contributed by atoms with E-state index in [1.807, 2.05) is 30.3 Å². The number of fused-ring (bicyclic) bond motifs is 12. The van der Waals surface area contributed by atoms with Gasteiger partial charge >= 0.3 is 0 Å². The zero-order valence-electron chi connectivity index (χ0n) is 80.9. The molecule has 3 aliphatic rings. The van der Waals surface area contributed by atoms with E-state index < -0.39 is 5.60 Å². The summed E-state index contributed by atoms with van der Waals surface area (Å²) in [6.45, 7) is 17.9. The van der Waals surface area contributed by atoms with Crippen molar-refractivity contribution in [3.8, 4) is 101 Å². The van der Waals surface area contributed by atoms with Gasteiger partial charge in [0.25, 0.3) is 0 Å². The molecule has 0 amide bonds. The summed E-state index contributed by atoms with van der Waals surface area (Å²) in [5.74, 6) is 1.82. The van der Waals surface area contributed by atoms with Gasteiger partial charge in [-0.3, -0.25) is 0 Å². The van der Waals surface area contributed by atoms with E-state index in [0.29, 0.717) is 30.8 Å². The van der Waals surface area contributed by atoms with Crippen molar-refractivity contribution in [3.63, 3.8) is 0 Å². The Labute approximate surface area is 830 Å². The summed E-state index contributed by atoms with van der Waals surface area (Å²) in [7, 11) is 0. The van der Waals surface area contributed by atoms with Crippen LogP contribution in [0.25, 0.3) is 230 Å². The highest BCUT2D eigenvalue weighted by molar-refractivity contribution is 6.26. The van der Waals surface area contributed by atoms with Crippen LogP contribution in [0, 0.1) is 0 Å². The van der Waals surface area contributed by atoms with E-state index in [0.717, 1.165) is 50.9 Å². The predicted octanol–water partition coefficient (Wildman–Crippen LogP) is 34.5. The molecule has 0 atom stereocenters. The maximum absolute atomic E-state index is 6.35. The molecule has 684 valence electrons. The first-order valence-corrected chi connectivity index (χ1v) is 49.4. The Kier molecular flexibility index (Phi) is 21.3. The van der Waals surface area contributed by atoms with E-state index in [2.05, 4.69) is 467 Å². The zero-order chi connectivity index (χ0) is 96.4. The second-order valence-electron chi connectivity index (χ2n) is 40.4. The van der Waals surface area contributed by atoms with Crippen LogP contribution in [0.3, 0.4) is 0 Å². The first kappa shape index (κ1) is 87.1. The highest BCUT2D eigenvalue weighted by atomic mass is 16.5. The van der Waals surface area contributed by atoms with Gasteiger partial charge in [-0.15, -0.1) is 0 Å². The van der Waals surface area contributed by atoms with Crippen molar-refractivity contribution in [1.82, 2.24) is 15.0 Å². The van der Waals surface area contributed by atoms with Crippen molar-refractivity contribution in [1.29, 1.82) is 0 Å². The van der Waals surface area contributed by atoms with E-state index in [-0.39, 0.29) is 16.7 Å². The molecule has 6 heterocycles. The fourth-order valence-electron chi connectivity index (χ4n) is 21.4. The lowest BCUT2D eigenvalue weighted by Gasteiger charge is -2.30. The Morgan fingerprint density at radius 2 is 0.441 bits per heavy atom. The first-order chi connectivity index (χ1) is 69.8. The van der Waals surface area contributed by atoms with E-state index in [1.54, 1.807) is 0 Å².